The van der Waals surface area contributed by atoms with Gasteiger partial charge in [-0.2, -0.15) is 10.2 Å². The van der Waals surface area contributed by atoms with Crippen LogP contribution in [0.25, 0.3) is 0 Å². The molecule has 1 aliphatic heterocycles. The van der Waals surface area contributed by atoms with Crippen molar-refractivity contribution < 1.29 is 0 Å². The molecule has 0 aliphatic carbocycles. The van der Waals surface area contributed by atoms with E-state index in [-0.39, 0.29) is 0 Å². The minimum atomic E-state index is -1.00. The van der Waals surface area contributed by atoms with E-state index in [4.69, 9.17) is 0 Å². The third-order valence-electron chi connectivity index (χ3n) is 5.45. The second-order valence-electron chi connectivity index (χ2n) is 7.53. The predicted octanol–water partition coefficient (Wildman–Crippen LogP) is 6.40. The van der Waals surface area contributed by atoms with Gasteiger partial charge in [0.25, 0.3) is 0 Å². The van der Waals surface area contributed by atoms with Crippen LogP contribution < -0.4 is 0 Å². The Morgan fingerprint density at radius 3 is 1.19 bits per heavy atom. The fraction of sp³-hybridized carbons (Fsp3) is 0.280. The number of nitrogens with zero attached hydrogens (tertiary/aromatic N) is 1. The smallest absolute Gasteiger partial charge is 0.0150 e. The molecule has 0 bridgehead atoms. The van der Waals surface area contributed by atoms with E-state index in [1.807, 2.05) is 0 Å². The first-order chi connectivity index (χ1) is 13.3. The molecule has 0 aromatic heterocycles. The van der Waals surface area contributed by atoms with Crippen molar-refractivity contribution in [1.82, 2.24) is 4.31 Å². The molecule has 1 nitrogen and oxygen atoms in total. The molecular weight excluding hydrogens is 346 g/mol. The number of hydrogen-bond acceptors (Lipinski definition) is 1. The monoisotopic (exact) mass is 375 g/mol. The summed E-state index contributed by atoms with van der Waals surface area (Å²) in [6, 6.07) is 33.4. The highest BCUT2D eigenvalue weighted by Crippen LogP contribution is 2.60. The van der Waals surface area contributed by atoms with Gasteiger partial charge in [0.2, 0.25) is 0 Å². The molecule has 1 heterocycles. The zero-order valence-electron chi connectivity index (χ0n) is 16.0. The van der Waals surface area contributed by atoms with E-state index in [0.29, 0.717) is 0 Å². The zero-order chi connectivity index (χ0) is 18.4. The Labute approximate surface area is 165 Å². The largest absolute Gasteiger partial charge is 0.267 e. The van der Waals surface area contributed by atoms with Crippen molar-refractivity contribution in [3.8, 4) is 0 Å². The van der Waals surface area contributed by atoms with Crippen molar-refractivity contribution in [2.75, 3.05) is 13.1 Å². The molecule has 0 radical (unpaired) electrons. The fourth-order valence-electron chi connectivity index (χ4n) is 4.16. The molecule has 4 rings (SSSR count). The quantitative estimate of drug-likeness (QED) is 0.462. The Morgan fingerprint density at radius 2 is 0.852 bits per heavy atom. The summed E-state index contributed by atoms with van der Waals surface area (Å²) in [6.07, 6.45) is 2.68. The minimum absolute atomic E-state index is 1.00. The number of rotatable bonds is 7. The van der Waals surface area contributed by atoms with Gasteiger partial charge < -0.3 is 0 Å². The van der Waals surface area contributed by atoms with E-state index >= 15 is 0 Å². The van der Waals surface area contributed by atoms with E-state index < -0.39 is 10.2 Å². The highest BCUT2D eigenvalue weighted by atomic mass is 32.3. The van der Waals surface area contributed by atoms with Crippen LogP contribution >= 0.6 is 10.2 Å². The average molecular weight is 376 g/mol. The molecule has 1 fully saturated rings. The maximum absolute atomic E-state index is 2.86. The van der Waals surface area contributed by atoms with E-state index in [9.17, 15) is 0 Å². The molecule has 1 saturated heterocycles. The van der Waals surface area contributed by atoms with Gasteiger partial charge in [-0.05, 0) is 29.5 Å². The lowest BCUT2D eigenvalue weighted by Gasteiger charge is -2.48. The van der Waals surface area contributed by atoms with Crippen LogP contribution in [0.15, 0.2) is 91.0 Å². The first-order valence-electron chi connectivity index (χ1n) is 9.97. The average Bonchev–Trinajstić information content (AvgIpc) is 3.26. The maximum Gasteiger partial charge on any atom is 0.0150 e. The Morgan fingerprint density at radius 1 is 0.519 bits per heavy atom. The van der Waals surface area contributed by atoms with E-state index in [1.165, 1.54) is 59.9 Å². The molecule has 3 aromatic rings. The van der Waals surface area contributed by atoms with Crippen LogP contribution in [0.1, 0.15) is 29.5 Å². The second-order valence-corrected chi connectivity index (χ2v) is 10.9. The summed E-state index contributed by atoms with van der Waals surface area (Å²) in [5.41, 5.74) is 4.43. The van der Waals surface area contributed by atoms with Gasteiger partial charge in [-0.15, -0.1) is 0 Å². The van der Waals surface area contributed by atoms with E-state index in [1.54, 1.807) is 0 Å². The van der Waals surface area contributed by atoms with Gasteiger partial charge in [-0.25, -0.2) is 0 Å². The lowest BCUT2D eigenvalue weighted by Crippen LogP contribution is -2.29. The Hall–Kier alpha value is -2.03. The van der Waals surface area contributed by atoms with Gasteiger partial charge in [0.15, 0.2) is 0 Å². The van der Waals surface area contributed by atoms with Crippen LogP contribution in [0.3, 0.4) is 0 Å². The molecule has 27 heavy (non-hydrogen) atoms. The Bertz CT molecular complexity index is 709. The number of benzene rings is 3. The lowest BCUT2D eigenvalue weighted by atomic mass is 10.2. The molecule has 0 atom stereocenters. The van der Waals surface area contributed by atoms with Crippen LogP contribution in [0, 0.1) is 0 Å². The molecule has 0 N–H and O–H groups in total. The standard InChI is InChI=1S/C25H29NS/c1-4-12-23(13-5-1)20-27(26-18-10-11-19-26,21-24-14-6-2-7-15-24)22-25-16-8-3-9-17-25/h1-9,12-17H,10-11,18-22H2. The molecule has 3 aromatic carbocycles. The summed E-state index contributed by atoms with van der Waals surface area (Å²) < 4.78 is 2.86. The predicted molar refractivity (Wildman–Crippen MR) is 119 cm³/mol. The van der Waals surface area contributed by atoms with E-state index in [2.05, 4.69) is 95.3 Å². The molecule has 140 valence electrons. The summed E-state index contributed by atoms with van der Waals surface area (Å²) in [5.74, 6) is 3.53. The highest BCUT2D eigenvalue weighted by molar-refractivity contribution is 8.29. The minimum Gasteiger partial charge on any atom is -0.267 e. The van der Waals surface area contributed by atoms with Crippen LogP contribution in [-0.2, 0) is 17.3 Å². The van der Waals surface area contributed by atoms with Gasteiger partial charge in [0, 0.05) is 30.3 Å². The van der Waals surface area contributed by atoms with Gasteiger partial charge in [-0.3, -0.25) is 4.31 Å². The van der Waals surface area contributed by atoms with Crippen molar-refractivity contribution >= 4 is 10.2 Å². The molecule has 0 spiro atoms. The van der Waals surface area contributed by atoms with Crippen molar-refractivity contribution in [3.05, 3.63) is 108 Å². The van der Waals surface area contributed by atoms with Gasteiger partial charge in [-0.1, -0.05) is 91.0 Å². The van der Waals surface area contributed by atoms with E-state index in [0.717, 1.165) is 0 Å². The Balaban J connectivity index is 1.73. The number of hydrogen-bond donors (Lipinski definition) is 0. The first-order valence-corrected chi connectivity index (χ1v) is 12.1. The van der Waals surface area contributed by atoms with Crippen LogP contribution in [0.2, 0.25) is 0 Å². The van der Waals surface area contributed by atoms with Crippen LogP contribution in [0.4, 0.5) is 0 Å². The van der Waals surface area contributed by atoms with Crippen molar-refractivity contribution in [2.45, 2.75) is 30.1 Å². The summed E-state index contributed by atoms with van der Waals surface area (Å²) in [6.45, 7) is 2.50. The summed E-state index contributed by atoms with van der Waals surface area (Å²) >= 11 is 0. The molecule has 0 amide bonds. The molecule has 0 saturated carbocycles. The summed E-state index contributed by atoms with van der Waals surface area (Å²) in [4.78, 5) is 0. The molecular formula is C25H29NS. The maximum atomic E-state index is 2.86. The van der Waals surface area contributed by atoms with Crippen LogP contribution in [0.5, 0.6) is 0 Å². The van der Waals surface area contributed by atoms with Gasteiger partial charge >= 0.3 is 0 Å². The third kappa shape index (κ3) is 4.63. The van der Waals surface area contributed by atoms with Gasteiger partial charge in [0.05, 0.1) is 0 Å². The van der Waals surface area contributed by atoms with Crippen molar-refractivity contribution in [2.24, 2.45) is 0 Å². The zero-order valence-corrected chi connectivity index (χ0v) is 16.8. The normalized spacial score (nSPS) is 15.7. The van der Waals surface area contributed by atoms with Crippen LogP contribution in [-0.4, -0.2) is 17.4 Å². The third-order valence-corrected chi connectivity index (χ3v) is 9.52. The van der Waals surface area contributed by atoms with Gasteiger partial charge in [0.1, 0.15) is 0 Å². The SMILES string of the molecule is c1ccc(CS(Cc2ccccc2)(Cc2ccccc2)N2CCCC2)cc1. The second kappa shape index (κ2) is 8.77. The first kappa shape index (κ1) is 18.3. The lowest BCUT2D eigenvalue weighted by molar-refractivity contribution is 0.562. The van der Waals surface area contributed by atoms with Crippen molar-refractivity contribution in [3.63, 3.8) is 0 Å². The Kier molecular flexibility index (Phi) is 5.96. The fourth-order valence-corrected chi connectivity index (χ4v) is 8.48. The summed E-state index contributed by atoms with van der Waals surface area (Å²) in [7, 11) is -1.00. The topological polar surface area (TPSA) is 3.24 Å². The molecule has 2 heteroatoms. The molecule has 1 aliphatic rings. The van der Waals surface area contributed by atoms with Crippen molar-refractivity contribution in [1.29, 1.82) is 0 Å². The molecule has 0 unspecified atom stereocenters. The summed E-state index contributed by atoms with van der Waals surface area (Å²) in [5, 5.41) is 0. The highest BCUT2D eigenvalue weighted by Gasteiger charge is 2.34.